The second kappa shape index (κ2) is 9.46. The predicted octanol–water partition coefficient (Wildman–Crippen LogP) is 6.85. The lowest BCUT2D eigenvalue weighted by Crippen LogP contribution is -2.25. The molecule has 0 amide bonds. The molecule has 4 nitrogen and oxygen atoms in total. The molecule has 5 rings (SSSR count). The van der Waals surface area contributed by atoms with Crippen molar-refractivity contribution in [3.05, 3.63) is 90.1 Å². The largest absolute Gasteiger partial charge is 0.367 e. The third-order valence-corrected chi connectivity index (χ3v) is 7.94. The summed E-state index contributed by atoms with van der Waals surface area (Å²) in [4.78, 5) is 7.45. The molecule has 35 heavy (non-hydrogen) atoms. The second-order valence-electron chi connectivity index (χ2n) is 10.1. The molecule has 180 valence electrons. The van der Waals surface area contributed by atoms with E-state index in [1.165, 1.54) is 46.7 Å². The number of hydrogen-bond acceptors (Lipinski definition) is 4. The molecule has 0 radical (unpaired) electrons. The molecular weight excluding hydrogens is 452 g/mol. The van der Waals surface area contributed by atoms with Crippen molar-refractivity contribution in [3.8, 4) is 11.1 Å². The van der Waals surface area contributed by atoms with Crippen LogP contribution in [0.15, 0.2) is 83.9 Å². The van der Waals surface area contributed by atoms with E-state index in [1.54, 1.807) is 12.1 Å². The van der Waals surface area contributed by atoms with E-state index in [4.69, 9.17) is 4.98 Å². The SMILES string of the molecule is CC(C)c1cc(-c2cccc(CN(CC3CC3)c3ccc(S(C)(=O)=O)cc3)c2)c2ncccc2c1. The minimum Gasteiger partial charge on any atom is -0.367 e. The Labute approximate surface area is 208 Å². The van der Waals surface area contributed by atoms with Gasteiger partial charge in [0, 0.05) is 42.2 Å². The highest BCUT2D eigenvalue weighted by molar-refractivity contribution is 7.90. The van der Waals surface area contributed by atoms with Crippen molar-refractivity contribution in [2.45, 2.75) is 44.0 Å². The minimum absolute atomic E-state index is 0.360. The molecule has 0 spiro atoms. The summed E-state index contributed by atoms with van der Waals surface area (Å²) < 4.78 is 23.8. The average Bonchev–Trinajstić information content (AvgIpc) is 3.67. The van der Waals surface area contributed by atoms with Gasteiger partial charge in [0.15, 0.2) is 9.84 Å². The van der Waals surface area contributed by atoms with E-state index in [0.29, 0.717) is 16.7 Å². The summed E-state index contributed by atoms with van der Waals surface area (Å²) >= 11 is 0. The average molecular weight is 485 g/mol. The van der Waals surface area contributed by atoms with E-state index >= 15 is 0 Å². The molecule has 4 aromatic rings. The number of anilines is 1. The first-order chi connectivity index (χ1) is 16.8. The predicted molar refractivity (Wildman–Crippen MR) is 145 cm³/mol. The zero-order valence-electron chi connectivity index (χ0n) is 20.6. The smallest absolute Gasteiger partial charge is 0.175 e. The molecule has 0 aliphatic heterocycles. The molecule has 0 N–H and O–H groups in total. The van der Waals surface area contributed by atoms with Crippen molar-refractivity contribution in [3.63, 3.8) is 0 Å². The summed E-state index contributed by atoms with van der Waals surface area (Å²) in [5, 5.41) is 1.17. The summed E-state index contributed by atoms with van der Waals surface area (Å²) in [6.45, 7) is 6.21. The van der Waals surface area contributed by atoms with Crippen LogP contribution in [0.25, 0.3) is 22.0 Å². The van der Waals surface area contributed by atoms with Gasteiger partial charge in [-0.2, -0.15) is 0 Å². The Morgan fingerprint density at radius 1 is 0.971 bits per heavy atom. The molecule has 1 heterocycles. The van der Waals surface area contributed by atoms with Crippen molar-refractivity contribution in [2.24, 2.45) is 5.92 Å². The lowest BCUT2D eigenvalue weighted by atomic mass is 9.93. The van der Waals surface area contributed by atoms with Crippen LogP contribution in [0, 0.1) is 5.92 Å². The van der Waals surface area contributed by atoms with Crippen LogP contribution in [0.3, 0.4) is 0 Å². The van der Waals surface area contributed by atoms with Crippen molar-refractivity contribution in [1.29, 1.82) is 0 Å². The number of nitrogens with zero attached hydrogens (tertiary/aromatic N) is 2. The molecule has 1 aromatic heterocycles. The fraction of sp³-hybridized carbons (Fsp3) is 0.300. The van der Waals surface area contributed by atoms with Gasteiger partial charge in [-0.1, -0.05) is 38.1 Å². The first-order valence-electron chi connectivity index (χ1n) is 12.3. The Morgan fingerprint density at radius 3 is 2.43 bits per heavy atom. The van der Waals surface area contributed by atoms with Crippen LogP contribution in [0.4, 0.5) is 5.69 Å². The molecule has 0 bridgehead atoms. The monoisotopic (exact) mass is 484 g/mol. The van der Waals surface area contributed by atoms with Gasteiger partial charge in [0.25, 0.3) is 0 Å². The summed E-state index contributed by atoms with van der Waals surface area (Å²) in [6.07, 6.45) is 5.64. The van der Waals surface area contributed by atoms with Gasteiger partial charge in [-0.3, -0.25) is 4.98 Å². The second-order valence-corrected chi connectivity index (χ2v) is 12.1. The molecule has 1 saturated carbocycles. The fourth-order valence-corrected chi connectivity index (χ4v) is 5.23. The molecule has 3 aromatic carbocycles. The Hall–Kier alpha value is -3.18. The normalized spacial score (nSPS) is 13.9. The Bertz CT molecular complexity index is 1460. The number of aromatic nitrogens is 1. The first-order valence-corrected chi connectivity index (χ1v) is 14.2. The van der Waals surface area contributed by atoms with E-state index in [0.717, 1.165) is 24.3 Å². The number of pyridine rings is 1. The molecular formula is C30H32N2O2S. The van der Waals surface area contributed by atoms with Crippen LogP contribution < -0.4 is 4.90 Å². The molecule has 0 saturated heterocycles. The van der Waals surface area contributed by atoms with Gasteiger partial charge in [-0.05, 0) is 89.9 Å². The Morgan fingerprint density at radius 2 is 1.74 bits per heavy atom. The zero-order chi connectivity index (χ0) is 24.6. The zero-order valence-corrected chi connectivity index (χ0v) is 21.4. The maximum atomic E-state index is 11.9. The summed E-state index contributed by atoms with van der Waals surface area (Å²) in [7, 11) is -3.20. The minimum atomic E-state index is -3.20. The first kappa shape index (κ1) is 23.6. The van der Waals surface area contributed by atoms with Gasteiger partial charge in [0.05, 0.1) is 10.4 Å². The van der Waals surface area contributed by atoms with Gasteiger partial charge in [-0.25, -0.2) is 8.42 Å². The lowest BCUT2D eigenvalue weighted by Gasteiger charge is -2.25. The number of benzene rings is 3. The summed E-state index contributed by atoms with van der Waals surface area (Å²) in [5.74, 6) is 1.15. The molecule has 5 heteroatoms. The van der Waals surface area contributed by atoms with Crippen molar-refractivity contribution >= 4 is 26.4 Å². The van der Waals surface area contributed by atoms with Crippen molar-refractivity contribution < 1.29 is 8.42 Å². The highest BCUT2D eigenvalue weighted by Crippen LogP contribution is 2.34. The van der Waals surface area contributed by atoms with Crippen molar-refractivity contribution in [2.75, 3.05) is 17.7 Å². The lowest BCUT2D eigenvalue weighted by molar-refractivity contribution is 0.602. The third-order valence-electron chi connectivity index (χ3n) is 6.81. The van der Waals surface area contributed by atoms with Crippen LogP contribution in [0.2, 0.25) is 0 Å². The van der Waals surface area contributed by atoms with E-state index < -0.39 is 9.84 Å². The van der Waals surface area contributed by atoms with Gasteiger partial charge >= 0.3 is 0 Å². The standard InChI is InChI=1S/C30H32N2O2S/c1-21(2)26-17-25-8-5-15-31-30(25)29(18-26)24-7-4-6-23(16-24)20-32(19-22-9-10-22)27-11-13-28(14-12-27)35(3,33)34/h4-8,11-18,21-22H,9-10,19-20H2,1-3H3. The molecule has 0 atom stereocenters. The van der Waals surface area contributed by atoms with Gasteiger partial charge in [0.1, 0.15) is 0 Å². The topological polar surface area (TPSA) is 50.3 Å². The summed E-state index contributed by atoms with van der Waals surface area (Å²) in [5.41, 5.74) is 6.97. The number of fused-ring (bicyclic) bond motifs is 1. The van der Waals surface area contributed by atoms with E-state index in [9.17, 15) is 8.42 Å². The fourth-order valence-electron chi connectivity index (χ4n) is 4.60. The van der Waals surface area contributed by atoms with Gasteiger partial charge in [0.2, 0.25) is 0 Å². The quantitative estimate of drug-likeness (QED) is 0.275. The van der Waals surface area contributed by atoms with E-state index in [2.05, 4.69) is 61.2 Å². The van der Waals surface area contributed by atoms with E-state index in [-0.39, 0.29) is 0 Å². The Balaban J connectivity index is 1.49. The van der Waals surface area contributed by atoms with Gasteiger partial charge < -0.3 is 4.90 Å². The van der Waals surface area contributed by atoms with Crippen LogP contribution in [0.5, 0.6) is 0 Å². The molecule has 1 fully saturated rings. The van der Waals surface area contributed by atoms with Crippen LogP contribution in [0.1, 0.15) is 43.7 Å². The van der Waals surface area contributed by atoms with Gasteiger partial charge in [-0.15, -0.1) is 0 Å². The molecule has 0 unspecified atom stereocenters. The molecule has 1 aliphatic rings. The highest BCUT2D eigenvalue weighted by Gasteiger charge is 2.25. The van der Waals surface area contributed by atoms with Crippen molar-refractivity contribution in [1.82, 2.24) is 4.98 Å². The number of hydrogen-bond donors (Lipinski definition) is 0. The van der Waals surface area contributed by atoms with Crippen LogP contribution in [-0.2, 0) is 16.4 Å². The maximum absolute atomic E-state index is 11.9. The Kier molecular flexibility index (Phi) is 6.37. The highest BCUT2D eigenvalue weighted by atomic mass is 32.2. The summed E-state index contributed by atoms with van der Waals surface area (Å²) in [6, 6.07) is 24.7. The van der Waals surface area contributed by atoms with Crippen LogP contribution in [-0.4, -0.2) is 26.2 Å². The number of rotatable bonds is 8. The number of sulfone groups is 1. The van der Waals surface area contributed by atoms with Crippen LogP contribution >= 0.6 is 0 Å². The maximum Gasteiger partial charge on any atom is 0.175 e. The van der Waals surface area contributed by atoms with E-state index in [1.807, 2.05) is 24.4 Å². The third kappa shape index (κ3) is 5.40. The molecule has 1 aliphatic carbocycles.